The van der Waals surface area contributed by atoms with Crippen molar-refractivity contribution in [1.29, 1.82) is 0 Å². The maximum absolute atomic E-state index is 13.3. The highest BCUT2D eigenvalue weighted by molar-refractivity contribution is 7.22. The number of hydrogen-bond acceptors (Lipinski definition) is 5. The molecule has 0 aliphatic carbocycles. The van der Waals surface area contributed by atoms with Gasteiger partial charge in [-0.25, -0.2) is 4.98 Å². The van der Waals surface area contributed by atoms with E-state index in [1.807, 2.05) is 61.5 Å². The third-order valence-electron chi connectivity index (χ3n) is 5.94. The summed E-state index contributed by atoms with van der Waals surface area (Å²) >= 11 is 1.38. The Balaban J connectivity index is 1.71. The van der Waals surface area contributed by atoms with Crippen molar-refractivity contribution in [3.63, 3.8) is 0 Å². The molecule has 6 heteroatoms. The number of aromatic nitrogens is 1. The van der Waals surface area contributed by atoms with Crippen molar-refractivity contribution in [2.45, 2.75) is 26.3 Å². The predicted octanol–water partition coefficient (Wildman–Crippen LogP) is 5.79. The number of hydrogen-bond donors (Lipinski definition) is 1. The molecular weight excluding hydrogens is 432 g/mol. The average Bonchev–Trinajstić information content (AvgIpc) is 3.37. The molecule has 4 aromatic rings. The Morgan fingerprint density at radius 1 is 1.03 bits per heavy atom. The van der Waals surface area contributed by atoms with Crippen molar-refractivity contribution in [1.82, 2.24) is 4.98 Å². The summed E-state index contributed by atoms with van der Waals surface area (Å²) in [6.45, 7) is 4.03. The first-order valence-corrected chi connectivity index (χ1v) is 11.6. The Hall–Kier alpha value is -3.77. The Kier molecular flexibility index (Phi) is 5.30. The summed E-state index contributed by atoms with van der Waals surface area (Å²) in [7, 11) is 0. The van der Waals surface area contributed by atoms with Gasteiger partial charge in [-0.3, -0.25) is 14.5 Å². The molecule has 164 valence electrons. The topological polar surface area (TPSA) is 70.5 Å². The van der Waals surface area contributed by atoms with Gasteiger partial charge in [-0.05, 0) is 36.6 Å². The third-order valence-corrected chi connectivity index (χ3v) is 6.96. The first-order chi connectivity index (χ1) is 16.0. The zero-order valence-electron chi connectivity index (χ0n) is 18.3. The fourth-order valence-corrected chi connectivity index (χ4v) is 5.18. The van der Waals surface area contributed by atoms with Crippen LogP contribution in [-0.4, -0.2) is 21.8 Å². The van der Waals surface area contributed by atoms with Crippen molar-refractivity contribution in [3.8, 4) is 0 Å². The minimum Gasteiger partial charge on any atom is -0.507 e. The number of aryl methyl sites for hydroxylation is 2. The van der Waals surface area contributed by atoms with Gasteiger partial charge in [-0.1, -0.05) is 84.5 Å². The second-order valence-corrected chi connectivity index (χ2v) is 9.11. The van der Waals surface area contributed by atoms with Crippen LogP contribution < -0.4 is 4.90 Å². The number of Topliss-reactive ketones (excluding diaryl/α,β-unsaturated/α-hetero) is 1. The van der Waals surface area contributed by atoms with E-state index in [1.165, 1.54) is 21.8 Å². The van der Waals surface area contributed by atoms with E-state index < -0.39 is 17.7 Å². The highest BCUT2D eigenvalue weighted by atomic mass is 32.1. The minimum absolute atomic E-state index is 0.0727. The summed E-state index contributed by atoms with van der Waals surface area (Å²) in [6, 6.07) is 21.8. The number of carbonyl (C=O) groups excluding carboxylic acids is 2. The van der Waals surface area contributed by atoms with Crippen LogP contribution in [-0.2, 0) is 16.0 Å². The molecule has 1 N–H and O–H groups in total. The number of carbonyl (C=O) groups is 2. The summed E-state index contributed by atoms with van der Waals surface area (Å²) in [5.74, 6) is -1.58. The number of rotatable bonds is 4. The predicted molar refractivity (Wildman–Crippen MR) is 131 cm³/mol. The molecule has 5 nitrogen and oxygen atoms in total. The molecule has 1 fully saturated rings. The molecule has 1 aliphatic rings. The van der Waals surface area contributed by atoms with Gasteiger partial charge in [0, 0.05) is 5.56 Å². The Morgan fingerprint density at radius 2 is 1.76 bits per heavy atom. The third kappa shape index (κ3) is 3.62. The molecular formula is C27H22N2O3S. The summed E-state index contributed by atoms with van der Waals surface area (Å²) < 4.78 is 0.955. The van der Waals surface area contributed by atoms with E-state index in [0.29, 0.717) is 10.7 Å². The lowest BCUT2D eigenvalue weighted by Crippen LogP contribution is -2.29. The zero-order valence-corrected chi connectivity index (χ0v) is 19.1. The van der Waals surface area contributed by atoms with E-state index in [-0.39, 0.29) is 11.3 Å². The summed E-state index contributed by atoms with van der Waals surface area (Å²) in [5.41, 5.74) is 4.30. The summed E-state index contributed by atoms with van der Waals surface area (Å²) in [4.78, 5) is 32.6. The van der Waals surface area contributed by atoms with Crippen molar-refractivity contribution in [3.05, 3.63) is 101 Å². The number of aliphatic hydroxyl groups is 1. The normalized spacial score (nSPS) is 17.8. The van der Waals surface area contributed by atoms with Gasteiger partial charge in [-0.2, -0.15) is 0 Å². The fourth-order valence-electron chi connectivity index (χ4n) is 4.13. The van der Waals surface area contributed by atoms with Crippen molar-refractivity contribution < 1.29 is 14.7 Å². The van der Waals surface area contributed by atoms with Crippen LogP contribution in [0.3, 0.4) is 0 Å². The van der Waals surface area contributed by atoms with Crippen LogP contribution in [0.5, 0.6) is 0 Å². The lowest BCUT2D eigenvalue weighted by molar-refractivity contribution is -0.132. The largest absolute Gasteiger partial charge is 0.507 e. The summed E-state index contributed by atoms with van der Waals surface area (Å²) in [6.07, 6.45) is 0.897. The smallest absolute Gasteiger partial charge is 0.301 e. The molecule has 0 radical (unpaired) electrons. The maximum atomic E-state index is 13.3. The standard InChI is InChI=1S/C27H22N2O3S/c1-3-17-11-14-20-21(15-17)33-27(28-20)29-23(18-7-5-4-6-8-18)22(25(31)26(29)32)24(30)19-12-9-16(2)10-13-19/h4-15,23,30H,3H2,1-2H3/t23-/m0/s1. The highest BCUT2D eigenvalue weighted by Crippen LogP contribution is 2.44. The van der Waals surface area contributed by atoms with Crippen molar-refractivity contribution >= 4 is 44.1 Å². The van der Waals surface area contributed by atoms with Crippen molar-refractivity contribution in [2.75, 3.05) is 4.90 Å². The molecule has 0 unspecified atom stereocenters. The molecule has 3 aromatic carbocycles. The number of ketones is 1. The number of amides is 1. The first-order valence-electron chi connectivity index (χ1n) is 10.8. The van der Waals surface area contributed by atoms with Gasteiger partial charge >= 0.3 is 5.91 Å². The van der Waals surface area contributed by atoms with Crippen LogP contribution in [0, 0.1) is 6.92 Å². The minimum atomic E-state index is -0.765. The molecule has 1 atom stereocenters. The Bertz CT molecular complexity index is 1400. The number of anilines is 1. The average molecular weight is 455 g/mol. The maximum Gasteiger partial charge on any atom is 0.301 e. The van der Waals surface area contributed by atoms with E-state index in [0.717, 1.165) is 27.8 Å². The SMILES string of the molecule is CCc1ccc2nc(N3C(=O)C(=O)C(=C(O)c4ccc(C)cc4)[C@@H]3c3ccccc3)sc2c1. The van der Waals surface area contributed by atoms with Gasteiger partial charge in [-0.15, -0.1) is 0 Å². The van der Waals surface area contributed by atoms with Crippen LogP contribution in [0.25, 0.3) is 16.0 Å². The molecule has 1 aromatic heterocycles. The van der Waals surface area contributed by atoms with Gasteiger partial charge in [0.2, 0.25) is 0 Å². The lowest BCUT2D eigenvalue weighted by Gasteiger charge is -2.22. The lowest BCUT2D eigenvalue weighted by atomic mass is 9.95. The van der Waals surface area contributed by atoms with Gasteiger partial charge < -0.3 is 5.11 Å². The second kappa shape index (κ2) is 8.30. The molecule has 0 saturated carbocycles. The number of fused-ring (bicyclic) bond motifs is 1. The van der Waals surface area contributed by atoms with Crippen LogP contribution in [0.2, 0.25) is 0 Å². The zero-order chi connectivity index (χ0) is 23.1. The van der Waals surface area contributed by atoms with Gasteiger partial charge in [0.25, 0.3) is 5.78 Å². The van der Waals surface area contributed by atoms with E-state index in [2.05, 4.69) is 18.0 Å². The van der Waals surface area contributed by atoms with Crippen LogP contribution >= 0.6 is 11.3 Å². The molecule has 5 rings (SSSR count). The van der Waals surface area contributed by atoms with Crippen LogP contribution in [0.1, 0.15) is 35.2 Å². The van der Waals surface area contributed by atoms with E-state index >= 15 is 0 Å². The summed E-state index contributed by atoms with van der Waals surface area (Å²) in [5, 5.41) is 11.6. The molecule has 1 saturated heterocycles. The molecule has 0 spiro atoms. The van der Waals surface area contributed by atoms with Crippen molar-refractivity contribution in [2.24, 2.45) is 0 Å². The number of nitrogens with zero attached hydrogens (tertiary/aromatic N) is 2. The monoisotopic (exact) mass is 454 g/mol. The molecule has 1 amide bonds. The van der Waals surface area contributed by atoms with Gasteiger partial charge in [0.15, 0.2) is 5.13 Å². The van der Waals surface area contributed by atoms with E-state index in [9.17, 15) is 14.7 Å². The van der Waals surface area contributed by atoms with E-state index in [1.54, 1.807) is 12.1 Å². The second-order valence-electron chi connectivity index (χ2n) is 8.10. The highest BCUT2D eigenvalue weighted by Gasteiger charge is 2.48. The molecule has 0 bridgehead atoms. The Morgan fingerprint density at radius 3 is 2.45 bits per heavy atom. The number of thiazole rings is 1. The first kappa shape index (κ1) is 21.1. The van der Waals surface area contributed by atoms with Crippen LogP contribution in [0.15, 0.2) is 78.4 Å². The fraction of sp³-hybridized carbons (Fsp3) is 0.148. The van der Waals surface area contributed by atoms with Gasteiger partial charge in [0.1, 0.15) is 5.76 Å². The van der Waals surface area contributed by atoms with E-state index in [4.69, 9.17) is 0 Å². The van der Waals surface area contributed by atoms with Gasteiger partial charge in [0.05, 0.1) is 21.8 Å². The molecule has 2 heterocycles. The number of aliphatic hydroxyl groups excluding tert-OH is 1. The number of benzene rings is 3. The Labute approximate surface area is 195 Å². The van der Waals surface area contributed by atoms with Crippen LogP contribution in [0.4, 0.5) is 5.13 Å². The quantitative estimate of drug-likeness (QED) is 0.241. The molecule has 33 heavy (non-hydrogen) atoms. The molecule has 1 aliphatic heterocycles.